The van der Waals surface area contributed by atoms with Gasteiger partial charge in [-0.15, -0.1) is 0 Å². The third-order valence-electron chi connectivity index (χ3n) is 4.27. The van der Waals surface area contributed by atoms with Crippen molar-refractivity contribution < 1.29 is 13.2 Å². The summed E-state index contributed by atoms with van der Waals surface area (Å²) in [4.78, 5) is 12.4. The molecule has 0 spiro atoms. The van der Waals surface area contributed by atoms with Crippen molar-refractivity contribution in [2.75, 3.05) is 13.1 Å². The Bertz CT molecular complexity index is 926. The molecule has 0 unspecified atom stereocenters. The van der Waals surface area contributed by atoms with E-state index in [9.17, 15) is 13.2 Å². The Labute approximate surface area is 163 Å². The van der Waals surface area contributed by atoms with E-state index in [1.54, 1.807) is 6.07 Å². The maximum Gasteiger partial charge on any atom is 0.251 e. The number of hydrogen-bond acceptors (Lipinski definition) is 3. The molecule has 1 saturated heterocycles. The van der Waals surface area contributed by atoms with Crippen LogP contribution < -0.4 is 5.32 Å². The van der Waals surface area contributed by atoms with Crippen LogP contribution in [-0.2, 0) is 16.6 Å². The Morgan fingerprint density at radius 2 is 1.73 bits per heavy atom. The number of carbonyl (C=O) groups excluding carboxylic acids is 1. The van der Waals surface area contributed by atoms with Gasteiger partial charge in [-0.3, -0.25) is 4.79 Å². The summed E-state index contributed by atoms with van der Waals surface area (Å²) in [5.74, 6) is -0.389. The minimum absolute atomic E-state index is 0.0357. The molecule has 0 atom stereocenters. The zero-order chi connectivity index (χ0) is 18.7. The fourth-order valence-corrected chi connectivity index (χ4v) is 5.05. The highest BCUT2D eigenvalue weighted by Gasteiger charge is 2.29. The highest BCUT2D eigenvalue weighted by Crippen LogP contribution is 2.28. The molecule has 0 aromatic heterocycles. The highest BCUT2D eigenvalue weighted by molar-refractivity contribution is 7.89. The Balaban J connectivity index is 1.80. The molecule has 3 rings (SSSR count). The van der Waals surface area contributed by atoms with E-state index in [0.29, 0.717) is 18.1 Å². The molecule has 1 aliphatic heterocycles. The SMILES string of the molecule is O=C(NCc1ccccc1Cl)c1ccc(Cl)c(S(=O)(=O)N2CCCC2)c1. The van der Waals surface area contributed by atoms with Crippen LogP contribution in [0.4, 0.5) is 0 Å². The zero-order valence-corrected chi connectivity index (χ0v) is 16.2. The van der Waals surface area contributed by atoms with Crippen LogP contribution in [0.3, 0.4) is 0 Å². The van der Waals surface area contributed by atoms with Crippen molar-refractivity contribution >= 4 is 39.1 Å². The molecule has 26 heavy (non-hydrogen) atoms. The van der Waals surface area contributed by atoms with Crippen LogP contribution in [-0.4, -0.2) is 31.7 Å². The first-order chi connectivity index (χ1) is 12.4. The van der Waals surface area contributed by atoms with Gasteiger partial charge in [-0.05, 0) is 42.7 Å². The summed E-state index contributed by atoms with van der Waals surface area (Å²) in [5, 5.41) is 3.42. The standard InChI is InChI=1S/C18H18Cl2N2O3S/c19-15-6-2-1-5-14(15)12-21-18(23)13-7-8-16(20)17(11-13)26(24,25)22-9-3-4-10-22/h1-2,5-8,11H,3-4,9-10,12H2,(H,21,23). The number of hydrogen-bond donors (Lipinski definition) is 1. The molecule has 138 valence electrons. The van der Waals surface area contributed by atoms with E-state index in [1.165, 1.54) is 22.5 Å². The molecule has 5 nitrogen and oxygen atoms in total. The van der Waals surface area contributed by atoms with Crippen LogP contribution in [0, 0.1) is 0 Å². The second-order valence-corrected chi connectivity index (χ2v) is 8.75. The lowest BCUT2D eigenvalue weighted by Gasteiger charge is -2.17. The molecule has 0 aliphatic carbocycles. The first-order valence-corrected chi connectivity index (χ1v) is 10.4. The smallest absolute Gasteiger partial charge is 0.251 e. The summed E-state index contributed by atoms with van der Waals surface area (Å²) >= 11 is 12.2. The van der Waals surface area contributed by atoms with Crippen molar-refractivity contribution in [3.63, 3.8) is 0 Å². The normalized spacial score (nSPS) is 15.2. The number of sulfonamides is 1. The van der Waals surface area contributed by atoms with Crippen LogP contribution in [0.25, 0.3) is 0 Å². The average Bonchev–Trinajstić information content (AvgIpc) is 3.16. The number of carbonyl (C=O) groups is 1. The van der Waals surface area contributed by atoms with E-state index >= 15 is 0 Å². The van der Waals surface area contributed by atoms with Gasteiger partial charge in [0.2, 0.25) is 10.0 Å². The lowest BCUT2D eigenvalue weighted by molar-refractivity contribution is 0.0950. The van der Waals surface area contributed by atoms with Gasteiger partial charge in [0.1, 0.15) is 4.90 Å². The Morgan fingerprint density at radius 3 is 2.42 bits per heavy atom. The average molecular weight is 413 g/mol. The molecule has 1 aliphatic rings. The molecule has 2 aromatic rings. The third-order valence-corrected chi connectivity index (χ3v) is 7.02. The minimum Gasteiger partial charge on any atom is -0.348 e. The summed E-state index contributed by atoms with van der Waals surface area (Å²) in [7, 11) is -3.70. The molecule has 1 amide bonds. The van der Waals surface area contributed by atoms with E-state index in [2.05, 4.69) is 5.32 Å². The number of rotatable bonds is 5. The van der Waals surface area contributed by atoms with Crippen molar-refractivity contribution in [3.8, 4) is 0 Å². The fraction of sp³-hybridized carbons (Fsp3) is 0.278. The van der Waals surface area contributed by atoms with Gasteiger partial charge in [-0.1, -0.05) is 41.4 Å². The predicted molar refractivity (Wildman–Crippen MR) is 102 cm³/mol. The van der Waals surface area contributed by atoms with Gasteiger partial charge < -0.3 is 5.32 Å². The topological polar surface area (TPSA) is 66.5 Å². The van der Waals surface area contributed by atoms with Crippen molar-refractivity contribution in [2.45, 2.75) is 24.3 Å². The second kappa shape index (κ2) is 7.96. The van der Waals surface area contributed by atoms with Gasteiger partial charge in [-0.2, -0.15) is 4.31 Å². The van der Waals surface area contributed by atoms with Crippen molar-refractivity contribution in [1.29, 1.82) is 0 Å². The molecule has 0 saturated carbocycles. The van der Waals surface area contributed by atoms with Gasteiger partial charge in [0.25, 0.3) is 5.91 Å². The molecular weight excluding hydrogens is 395 g/mol. The summed E-state index contributed by atoms with van der Waals surface area (Å²) < 4.78 is 26.9. The van der Waals surface area contributed by atoms with Crippen molar-refractivity contribution in [3.05, 3.63) is 63.6 Å². The maximum absolute atomic E-state index is 12.7. The molecule has 1 N–H and O–H groups in total. The molecule has 0 radical (unpaired) electrons. The number of amides is 1. The van der Waals surface area contributed by atoms with Crippen LogP contribution in [0.1, 0.15) is 28.8 Å². The van der Waals surface area contributed by atoms with E-state index in [1.807, 2.05) is 18.2 Å². The maximum atomic E-state index is 12.7. The quantitative estimate of drug-likeness (QED) is 0.813. The summed E-state index contributed by atoms with van der Waals surface area (Å²) in [6, 6.07) is 11.5. The van der Waals surface area contributed by atoms with Crippen LogP contribution in [0.5, 0.6) is 0 Å². The van der Waals surface area contributed by atoms with Crippen LogP contribution in [0.2, 0.25) is 10.0 Å². The van der Waals surface area contributed by atoms with Gasteiger partial charge in [-0.25, -0.2) is 8.42 Å². The lowest BCUT2D eigenvalue weighted by atomic mass is 10.2. The second-order valence-electron chi connectivity index (χ2n) is 6.03. The van der Waals surface area contributed by atoms with Crippen molar-refractivity contribution in [1.82, 2.24) is 9.62 Å². The molecule has 0 bridgehead atoms. The zero-order valence-electron chi connectivity index (χ0n) is 13.9. The number of nitrogens with one attached hydrogen (secondary N) is 1. The van der Waals surface area contributed by atoms with Crippen LogP contribution in [0.15, 0.2) is 47.4 Å². The monoisotopic (exact) mass is 412 g/mol. The summed E-state index contributed by atoms with van der Waals surface area (Å²) in [5.41, 5.74) is 1.01. The molecule has 8 heteroatoms. The lowest BCUT2D eigenvalue weighted by Crippen LogP contribution is -2.29. The van der Waals surface area contributed by atoms with Gasteiger partial charge >= 0.3 is 0 Å². The summed E-state index contributed by atoms with van der Waals surface area (Å²) in [6.45, 7) is 1.19. The third kappa shape index (κ3) is 4.04. The summed E-state index contributed by atoms with van der Waals surface area (Å²) in [6.07, 6.45) is 1.66. The van der Waals surface area contributed by atoms with E-state index in [4.69, 9.17) is 23.2 Å². The number of halogens is 2. The van der Waals surface area contributed by atoms with E-state index in [0.717, 1.165) is 18.4 Å². The van der Waals surface area contributed by atoms with E-state index < -0.39 is 10.0 Å². The van der Waals surface area contributed by atoms with Crippen molar-refractivity contribution in [2.24, 2.45) is 0 Å². The van der Waals surface area contributed by atoms with Crippen LogP contribution >= 0.6 is 23.2 Å². The largest absolute Gasteiger partial charge is 0.348 e. The highest BCUT2D eigenvalue weighted by atomic mass is 35.5. The fourth-order valence-electron chi connectivity index (χ4n) is 2.83. The molecule has 1 heterocycles. The van der Waals surface area contributed by atoms with Gasteiger partial charge in [0.15, 0.2) is 0 Å². The predicted octanol–water partition coefficient (Wildman–Crippen LogP) is 3.71. The van der Waals surface area contributed by atoms with Gasteiger partial charge in [0, 0.05) is 30.2 Å². The first kappa shape index (κ1) is 19.2. The first-order valence-electron chi connectivity index (χ1n) is 8.21. The Morgan fingerprint density at radius 1 is 1.04 bits per heavy atom. The van der Waals surface area contributed by atoms with Gasteiger partial charge in [0.05, 0.1) is 5.02 Å². The Hall–Kier alpha value is -1.60. The molecular formula is C18H18Cl2N2O3S. The molecule has 1 fully saturated rings. The minimum atomic E-state index is -3.70. The Kier molecular flexibility index (Phi) is 5.87. The van der Waals surface area contributed by atoms with E-state index in [-0.39, 0.29) is 27.9 Å². The number of nitrogens with zero attached hydrogens (tertiary/aromatic N) is 1. The number of benzene rings is 2. The molecule has 2 aromatic carbocycles.